The Kier molecular flexibility index (Phi) is 9.02. The molecule has 0 aliphatic carbocycles. The first-order valence-electron chi connectivity index (χ1n) is 6.23. The Morgan fingerprint density at radius 2 is 1.94 bits per heavy atom. The number of esters is 2. The predicted molar refractivity (Wildman–Crippen MR) is 68.4 cm³/mol. The molecule has 0 aromatic heterocycles. The van der Waals surface area contributed by atoms with Crippen LogP contribution in [0.25, 0.3) is 0 Å². The van der Waals surface area contributed by atoms with Crippen LogP contribution < -0.4 is 0 Å². The van der Waals surface area contributed by atoms with Crippen LogP contribution in [0.15, 0.2) is 24.3 Å². The molecule has 17 heavy (non-hydrogen) atoms. The Labute approximate surface area is 104 Å². The zero-order chi connectivity index (χ0) is 13.1. The number of rotatable bonds is 6. The highest BCUT2D eigenvalue weighted by Gasteiger charge is 2.21. The average molecular weight is 238 g/mol. The summed E-state index contributed by atoms with van der Waals surface area (Å²) in [7, 11) is 0. The van der Waals surface area contributed by atoms with Crippen molar-refractivity contribution < 1.29 is 14.3 Å². The van der Waals surface area contributed by atoms with Gasteiger partial charge in [-0.15, -0.1) is 6.58 Å². The molecule has 0 amide bonds. The van der Waals surface area contributed by atoms with E-state index in [1.54, 1.807) is 6.92 Å². The van der Waals surface area contributed by atoms with Gasteiger partial charge in [-0.1, -0.05) is 39.2 Å². The minimum atomic E-state index is -0.545. The molecular weight excluding hydrogens is 216 g/mol. The number of ether oxygens (including phenoxy) is 1. The zero-order valence-corrected chi connectivity index (χ0v) is 10.8. The molecule has 0 unspecified atom stereocenters. The molecule has 1 aliphatic rings. The molecule has 0 saturated carbocycles. The summed E-state index contributed by atoms with van der Waals surface area (Å²) in [6.45, 7) is 7.69. The normalized spacial score (nSPS) is 13.6. The highest BCUT2D eigenvalue weighted by molar-refractivity contribution is 6.08. The summed E-state index contributed by atoms with van der Waals surface area (Å²) in [5, 5.41) is 0. The molecule has 0 fully saturated rings. The van der Waals surface area contributed by atoms with Crippen LogP contribution in [0.5, 0.6) is 0 Å². The molecule has 1 heterocycles. The largest absolute Gasteiger partial charge is 0.386 e. The summed E-state index contributed by atoms with van der Waals surface area (Å²) >= 11 is 0. The summed E-state index contributed by atoms with van der Waals surface area (Å²) in [4.78, 5) is 20.8. The molecule has 1 aliphatic heterocycles. The third-order valence-corrected chi connectivity index (χ3v) is 2.39. The van der Waals surface area contributed by atoms with Gasteiger partial charge in [0, 0.05) is 11.6 Å². The first-order chi connectivity index (χ1) is 8.15. The third kappa shape index (κ3) is 7.50. The molecule has 0 radical (unpaired) electrons. The van der Waals surface area contributed by atoms with Gasteiger partial charge in [0.1, 0.15) is 0 Å². The molecule has 0 aromatic carbocycles. The first kappa shape index (κ1) is 15.6. The fraction of sp³-hybridized carbons (Fsp3) is 0.571. The second-order valence-corrected chi connectivity index (χ2v) is 3.87. The second kappa shape index (κ2) is 9.82. The lowest BCUT2D eigenvalue weighted by atomic mass is 10.2. The van der Waals surface area contributed by atoms with Gasteiger partial charge in [0.05, 0.1) is 0 Å². The number of hydrogen-bond acceptors (Lipinski definition) is 3. The molecule has 96 valence electrons. The number of carbonyl (C=O) groups is 2. The van der Waals surface area contributed by atoms with E-state index in [4.69, 9.17) is 0 Å². The Balaban J connectivity index is 0.000000304. The quantitative estimate of drug-likeness (QED) is 0.307. The summed E-state index contributed by atoms with van der Waals surface area (Å²) in [5.74, 6) is -1.04. The molecule has 0 saturated heterocycles. The third-order valence-electron chi connectivity index (χ3n) is 2.39. The van der Waals surface area contributed by atoms with Gasteiger partial charge in [0.15, 0.2) is 0 Å². The topological polar surface area (TPSA) is 43.4 Å². The van der Waals surface area contributed by atoms with Crippen molar-refractivity contribution in [1.82, 2.24) is 0 Å². The van der Waals surface area contributed by atoms with Crippen molar-refractivity contribution in [2.45, 2.75) is 52.4 Å². The summed E-state index contributed by atoms with van der Waals surface area (Å²) in [5.41, 5.74) is 0.458. The van der Waals surface area contributed by atoms with E-state index in [0.717, 1.165) is 0 Å². The smallest absolute Gasteiger partial charge is 0.342 e. The van der Waals surface area contributed by atoms with E-state index in [1.165, 1.54) is 38.2 Å². The van der Waals surface area contributed by atoms with Crippen LogP contribution in [0.4, 0.5) is 0 Å². The molecule has 0 atom stereocenters. The monoisotopic (exact) mass is 238 g/mol. The summed E-state index contributed by atoms with van der Waals surface area (Å²) < 4.78 is 4.19. The average Bonchev–Trinajstić information content (AvgIpc) is 2.64. The molecule has 0 bridgehead atoms. The van der Waals surface area contributed by atoms with E-state index in [0.29, 0.717) is 12.0 Å². The standard InChI is InChI=1S/C8H16.C6H6O3/c1-3-5-7-8-6-4-2;1-2-4-3-5(7)9-6(4)8/h3H,1,4-8H2,2H3;3H,2H2,1H3. The highest BCUT2D eigenvalue weighted by atomic mass is 16.6. The maximum Gasteiger partial charge on any atom is 0.342 e. The van der Waals surface area contributed by atoms with Crippen molar-refractivity contribution >= 4 is 11.9 Å². The Morgan fingerprint density at radius 3 is 2.29 bits per heavy atom. The lowest BCUT2D eigenvalue weighted by molar-refractivity contribution is -0.150. The van der Waals surface area contributed by atoms with Crippen LogP contribution in [-0.2, 0) is 14.3 Å². The van der Waals surface area contributed by atoms with E-state index in [-0.39, 0.29) is 0 Å². The van der Waals surface area contributed by atoms with Crippen LogP contribution in [0.1, 0.15) is 52.4 Å². The maximum absolute atomic E-state index is 10.5. The fourth-order valence-corrected chi connectivity index (χ4v) is 1.35. The molecule has 3 heteroatoms. The SMILES string of the molecule is C=CCCCCCC.CCC1=CC(=O)OC1=O. The minimum Gasteiger partial charge on any atom is -0.386 e. The van der Waals surface area contributed by atoms with Crippen molar-refractivity contribution in [3.05, 3.63) is 24.3 Å². The van der Waals surface area contributed by atoms with Crippen LogP contribution in [0, 0.1) is 0 Å². The van der Waals surface area contributed by atoms with E-state index < -0.39 is 11.9 Å². The predicted octanol–water partition coefficient (Wildman–Crippen LogP) is 3.55. The van der Waals surface area contributed by atoms with E-state index in [2.05, 4.69) is 18.2 Å². The van der Waals surface area contributed by atoms with E-state index in [9.17, 15) is 9.59 Å². The van der Waals surface area contributed by atoms with E-state index in [1.807, 2.05) is 6.08 Å². The maximum atomic E-state index is 10.5. The van der Waals surface area contributed by atoms with Gasteiger partial charge < -0.3 is 4.74 Å². The Hall–Kier alpha value is -1.38. The van der Waals surface area contributed by atoms with Crippen LogP contribution >= 0.6 is 0 Å². The lowest BCUT2D eigenvalue weighted by Crippen LogP contribution is -2.00. The van der Waals surface area contributed by atoms with Crippen molar-refractivity contribution in [3.8, 4) is 0 Å². The Bertz CT molecular complexity index is 290. The number of hydrogen-bond donors (Lipinski definition) is 0. The first-order valence-corrected chi connectivity index (χ1v) is 6.23. The molecule has 0 N–H and O–H groups in total. The number of cyclic esters (lactones) is 2. The van der Waals surface area contributed by atoms with Crippen molar-refractivity contribution in [2.24, 2.45) is 0 Å². The van der Waals surface area contributed by atoms with Gasteiger partial charge >= 0.3 is 11.9 Å². The van der Waals surface area contributed by atoms with Crippen molar-refractivity contribution in [1.29, 1.82) is 0 Å². The van der Waals surface area contributed by atoms with Gasteiger partial charge in [-0.3, -0.25) is 0 Å². The number of allylic oxidation sites excluding steroid dienone is 1. The van der Waals surface area contributed by atoms with Gasteiger partial charge in [-0.25, -0.2) is 9.59 Å². The van der Waals surface area contributed by atoms with E-state index >= 15 is 0 Å². The molecule has 0 spiro atoms. The van der Waals surface area contributed by atoms with Gasteiger partial charge in [-0.05, 0) is 19.3 Å². The van der Waals surface area contributed by atoms with Crippen LogP contribution in [-0.4, -0.2) is 11.9 Å². The lowest BCUT2D eigenvalue weighted by Gasteiger charge is -1.91. The van der Waals surface area contributed by atoms with Gasteiger partial charge in [0.2, 0.25) is 0 Å². The summed E-state index contributed by atoms with van der Waals surface area (Å²) in [6, 6.07) is 0. The Morgan fingerprint density at radius 1 is 1.24 bits per heavy atom. The minimum absolute atomic E-state index is 0.458. The second-order valence-electron chi connectivity index (χ2n) is 3.87. The van der Waals surface area contributed by atoms with Crippen molar-refractivity contribution in [2.75, 3.05) is 0 Å². The fourth-order valence-electron chi connectivity index (χ4n) is 1.35. The van der Waals surface area contributed by atoms with Crippen molar-refractivity contribution in [3.63, 3.8) is 0 Å². The van der Waals surface area contributed by atoms with Crippen LogP contribution in [0.2, 0.25) is 0 Å². The highest BCUT2D eigenvalue weighted by Crippen LogP contribution is 2.10. The number of carbonyl (C=O) groups excluding carboxylic acids is 2. The molecular formula is C14H22O3. The summed E-state index contributed by atoms with van der Waals surface area (Å²) in [6.07, 6.45) is 10.4. The molecule has 3 nitrogen and oxygen atoms in total. The van der Waals surface area contributed by atoms with Gasteiger partial charge in [-0.2, -0.15) is 0 Å². The van der Waals surface area contributed by atoms with Crippen LogP contribution in [0.3, 0.4) is 0 Å². The molecule has 0 aromatic rings. The molecule has 1 rings (SSSR count). The number of unbranched alkanes of at least 4 members (excludes halogenated alkanes) is 4. The zero-order valence-electron chi connectivity index (χ0n) is 10.8. The van der Waals surface area contributed by atoms with Gasteiger partial charge in [0.25, 0.3) is 0 Å².